The van der Waals surface area contributed by atoms with E-state index in [2.05, 4.69) is 5.16 Å². The highest BCUT2D eigenvalue weighted by Crippen LogP contribution is 1.92. The summed E-state index contributed by atoms with van der Waals surface area (Å²) in [7, 11) is 0. The van der Waals surface area contributed by atoms with Gasteiger partial charge in [-0.2, -0.15) is 0 Å². The molecule has 2 heteroatoms. The third kappa shape index (κ3) is 1.57. The van der Waals surface area contributed by atoms with E-state index >= 15 is 0 Å². The van der Waals surface area contributed by atoms with Crippen LogP contribution in [0.5, 0.6) is 0 Å². The Morgan fingerprint density at radius 2 is 1.89 bits per heavy atom. The third-order valence-corrected chi connectivity index (χ3v) is 1.00. The van der Waals surface area contributed by atoms with Gasteiger partial charge in [0.15, 0.2) is 0 Å². The first-order valence-corrected chi connectivity index (χ1v) is 2.64. The lowest BCUT2D eigenvalue weighted by Crippen LogP contribution is -1.75. The summed E-state index contributed by atoms with van der Waals surface area (Å²) in [5, 5.41) is 12.3. The molecule has 9 heavy (non-hydrogen) atoms. The Hall–Kier alpha value is -1.31. The number of nitrogens with zero attached hydrogens (tertiary/aromatic N) is 1. The molecule has 0 N–H and O–H groups in total. The first kappa shape index (κ1) is 5.82. The number of hydrogen-bond acceptors (Lipinski definition) is 1. The lowest BCUT2D eigenvalue weighted by molar-refractivity contribution is 0.211. The molecule has 2 nitrogen and oxygen atoms in total. The Morgan fingerprint density at radius 3 is 2.44 bits per heavy atom. The molecule has 0 aliphatic heterocycles. The van der Waals surface area contributed by atoms with Gasteiger partial charge < -0.3 is 0 Å². The second-order valence-corrected chi connectivity index (χ2v) is 1.65. The van der Waals surface area contributed by atoms with Crippen molar-refractivity contribution in [2.24, 2.45) is 5.16 Å². The predicted octanol–water partition coefficient (Wildman–Crippen LogP) is 1.45. The van der Waals surface area contributed by atoms with Gasteiger partial charge in [-0.1, -0.05) is 30.3 Å². The summed E-state index contributed by atoms with van der Waals surface area (Å²) < 4.78 is 0. The van der Waals surface area contributed by atoms with Gasteiger partial charge in [0.2, 0.25) is 0 Å². The molecule has 0 atom stereocenters. The molecule has 0 saturated carbocycles. The highest BCUT2D eigenvalue weighted by molar-refractivity contribution is 5.78. The normalized spacial score (nSPS) is 10.2. The van der Waals surface area contributed by atoms with Crippen molar-refractivity contribution < 1.29 is 5.21 Å². The van der Waals surface area contributed by atoms with Gasteiger partial charge in [0.1, 0.15) is 0 Å². The van der Waals surface area contributed by atoms with Crippen LogP contribution < -0.4 is 0 Å². The standard InChI is InChI=1S/C7H6NO/c9-8-6-7-4-2-1-3-5-7/h1-6H. The van der Waals surface area contributed by atoms with Gasteiger partial charge in [-0.15, -0.1) is 5.21 Å². The van der Waals surface area contributed by atoms with Crippen LogP contribution in [0.1, 0.15) is 5.56 Å². The third-order valence-electron chi connectivity index (χ3n) is 1.00. The summed E-state index contributed by atoms with van der Waals surface area (Å²) in [5.41, 5.74) is 0.840. The van der Waals surface area contributed by atoms with E-state index in [9.17, 15) is 5.21 Å². The summed E-state index contributed by atoms with van der Waals surface area (Å²) in [4.78, 5) is 0. The Kier molecular flexibility index (Phi) is 1.85. The quantitative estimate of drug-likeness (QED) is 0.397. The van der Waals surface area contributed by atoms with Gasteiger partial charge in [0.25, 0.3) is 0 Å². The summed E-state index contributed by atoms with van der Waals surface area (Å²) >= 11 is 0. The van der Waals surface area contributed by atoms with Crippen LogP contribution in [0.25, 0.3) is 0 Å². The molecule has 0 aliphatic carbocycles. The fourth-order valence-electron chi connectivity index (χ4n) is 0.600. The fraction of sp³-hybridized carbons (Fsp3) is 0. The average Bonchev–Trinajstić information content (AvgIpc) is 1.91. The minimum atomic E-state index is 0.840. The Labute approximate surface area is 53.4 Å². The monoisotopic (exact) mass is 120 g/mol. The molecule has 0 aliphatic rings. The topological polar surface area (TPSA) is 32.3 Å². The molecule has 1 radical (unpaired) electrons. The van der Waals surface area contributed by atoms with Crippen LogP contribution >= 0.6 is 0 Å². The SMILES string of the molecule is [O]N=Cc1ccccc1. The average molecular weight is 120 g/mol. The maximum Gasteiger partial charge on any atom is 0.0787 e. The van der Waals surface area contributed by atoms with Crippen LogP contribution in [0.15, 0.2) is 35.5 Å². The van der Waals surface area contributed by atoms with Gasteiger partial charge >= 0.3 is 0 Å². The number of benzene rings is 1. The van der Waals surface area contributed by atoms with Crippen LogP contribution in [0, 0.1) is 0 Å². The van der Waals surface area contributed by atoms with Gasteiger partial charge in [0.05, 0.1) is 6.21 Å². The first-order chi connectivity index (χ1) is 4.43. The van der Waals surface area contributed by atoms with Crippen molar-refractivity contribution >= 4 is 6.21 Å². The zero-order chi connectivity index (χ0) is 6.53. The maximum atomic E-state index is 9.67. The molecule has 0 bridgehead atoms. The molecule has 1 rings (SSSR count). The van der Waals surface area contributed by atoms with Crippen LogP contribution in [-0.2, 0) is 5.21 Å². The minimum Gasteiger partial charge on any atom is -0.145 e. The summed E-state index contributed by atoms with van der Waals surface area (Å²) in [5.74, 6) is 0. The molecule has 1 aromatic carbocycles. The summed E-state index contributed by atoms with van der Waals surface area (Å²) in [6, 6.07) is 9.25. The van der Waals surface area contributed by atoms with Crippen LogP contribution in [0.3, 0.4) is 0 Å². The highest BCUT2D eigenvalue weighted by atomic mass is 16.4. The number of rotatable bonds is 1. The smallest absolute Gasteiger partial charge is 0.0787 e. The molecular weight excluding hydrogens is 114 g/mol. The first-order valence-electron chi connectivity index (χ1n) is 2.64. The maximum absolute atomic E-state index is 9.67. The van der Waals surface area contributed by atoms with Crippen LogP contribution in [0.4, 0.5) is 0 Å². The number of hydrogen-bond donors (Lipinski definition) is 0. The molecule has 0 amide bonds. The lowest BCUT2D eigenvalue weighted by atomic mass is 10.2. The van der Waals surface area contributed by atoms with Crippen LogP contribution in [-0.4, -0.2) is 6.21 Å². The Balaban J connectivity index is 2.85. The van der Waals surface area contributed by atoms with E-state index in [4.69, 9.17) is 0 Å². The Morgan fingerprint density at radius 1 is 1.22 bits per heavy atom. The molecule has 1 aromatic rings. The van der Waals surface area contributed by atoms with Crippen molar-refractivity contribution in [1.29, 1.82) is 0 Å². The van der Waals surface area contributed by atoms with Gasteiger partial charge in [0, 0.05) is 0 Å². The van der Waals surface area contributed by atoms with Gasteiger partial charge in [-0.25, -0.2) is 0 Å². The van der Waals surface area contributed by atoms with Gasteiger partial charge in [-0.05, 0) is 10.7 Å². The van der Waals surface area contributed by atoms with Crippen molar-refractivity contribution in [3.05, 3.63) is 35.9 Å². The Bertz CT molecular complexity index is 193. The summed E-state index contributed by atoms with van der Waals surface area (Å²) in [6.07, 6.45) is 1.28. The van der Waals surface area contributed by atoms with E-state index in [0.717, 1.165) is 5.56 Å². The molecule has 0 aromatic heterocycles. The zero-order valence-corrected chi connectivity index (χ0v) is 4.82. The molecule has 0 heterocycles. The lowest BCUT2D eigenvalue weighted by Gasteiger charge is -1.84. The second kappa shape index (κ2) is 2.87. The van der Waals surface area contributed by atoms with E-state index in [1.807, 2.05) is 30.3 Å². The van der Waals surface area contributed by atoms with Crippen molar-refractivity contribution in [3.63, 3.8) is 0 Å². The van der Waals surface area contributed by atoms with E-state index in [1.165, 1.54) is 6.21 Å². The van der Waals surface area contributed by atoms with Gasteiger partial charge in [-0.3, -0.25) is 0 Å². The molecule has 0 unspecified atom stereocenters. The molecule has 0 fully saturated rings. The molecule has 45 valence electrons. The van der Waals surface area contributed by atoms with Crippen molar-refractivity contribution in [2.75, 3.05) is 0 Å². The van der Waals surface area contributed by atoms with E-state index < -0.39 is 0 Å². The molecule has 0 spiro atoms. The minimum absolute atomic E-state index is 0.840. The predicted molar refractivity (Wildman–Crippen MR) is 34.7 cm³/mol. The zero-order valence-electron chi connectivity index (χ0n) is 4.82. The van der Waals surface area contributed by atoms with Crippen molar-refractivity contribution in [1.82, 2.24) is 0 Å². The van der Waals surface area contributed by atoms with E-state index in [-0.39, 0.29) is 0 Å². The fourth-order valence-corrected chi connectivity index (χ4v) is 0.600. The largest absolute Gasteiger partial charge is 0.145 e. The van der Waals surface area contributed by atoms with Crippen molar-refractivity contribution in [2.45, 2.75) is 0 Å². The molecular formula is C7H6NO. The summed E-state index contributed by atoms with van der Waals surface area (Å²) in [6.45, 7) is 0. The highest BCUT2D eigenvalue weighted by Gasteiger charge is 1.80. The molecule has 0 saturated heterocycles. The van der Waals surface area contributed by atoms with E-state index in [0.29, 0.717) is 0 Å². The van der Waals surface area contributed by atoms with E-state index in [1.54, 1.807) is 0 Å². The van der Waals surface area contributed by atoms with Crippen LogP contribution in [0.2, 0.25) is 0 Å². The second-order valence-electron chi connectivity index (χ2n) is 1.65. The van der Waals surface area contributed by atoms with Crippen molar-refractivity contribution in [3.8, 4) is 0 Å².